The highest BCUT2D eigenvalue weighted by Gasteiger charge is 2.25. The van der Waals surface area contributed by atoms with Gasteiger partial charge in [0, 0.05) is 15.1 Å². The van der Waals surface area contributed by atoms with Gasteiger partial charge in [-0.05, 0) is 17.7 Å². The molecule has 0 amide bonds. The summed E-state index contributed by atoms with van der Waals surface area (Å²) in [4.78, 5) is 1.17. The van der Waals surface area contributed by atoms with Crippen molar-refractivity contribution in [3.05, 3.63) is 28.2 Å². The van der Waals surface area contributed by atoms with Crippen LogP contribution in [-0.4, -0.2) is 17.0 Å². The molecular weight excluding hydrogens is 250 g/mol. The standard InChI is InChI=1S/C9H10BrNOS/c10-5-1-2-6-8(3-5)13-4-7(12)9(6)11/h1-3,7,9,12H,4,11H2. The number of aliphatic hydroxyl groups is 1. The first-order chi connectivity index (χ1) is 6.18. The second kappa shape index (κ2) is 3.61. The number of fused-ring (bicyclic) bond motifs is 1. The number of halogens is 1. The van der Waals surface area contributed by atoms with Gasteiger partial charge in [-0.25, -0.2) is 0 Å². The molecule has 0 spiro atoms. The molecule has 2 nitrogen and oxygen atoms in total. The Balaban J connectivity index is 2.44. The fourth-order valence-corrected chi connectivity index (χ4v) is 3.05. The van der Waals surface area contributed by atoms with Gasteiger partial charge in [-0.3, -0.25) is 0 Å². The third-order valence-electron chi connectivity index (χ3n) is 2.16. The Hall–Kier alpha value is -0.0300. The topological polar surface area (TPSA) is 46.2 Å². The number of rotatable bonds is 0. The van der Waals surface area contributed by atoms with Crippen molar-refractivity contribution in [3.8, 4) is 0 Å². The van der Waals surface area contributed by atoms with Gasteiger partial charge in [-0.15, -0.1) is 11.8 Å². The van der Waals surface area contributed by atoms with Gasteiger partial charge < -0.3 is 10.8 Å². The molecule has 1 aliphatic rings. The lowest BCUT2D eigenvalue weighted by Crippen LogP contribution is -2.31. The van der Waals surface area contributed by atoms with Crippen LogP contribution in [0.3, 0.4) is 0 Å². The van der Waals surface area contributed by atoms with E-state index in [1.807, 2.05) is 18.2 Å². The zero-order valence-electron chi connectivity index (χ0n) is 6.90. The summed E-state index contributed by atoms with van der Waals surface area (Å²) in [5.74, 6) is 0.685. The van der Waals surface area contributed by atoms with Gasteiger partial charge in [-0.1, -0.05) is 22.0 Å². The van der Waals surface area contributed by atoms with Gasteiger partial charge in [0.2, 0.25) is 0 Å². The van der Waals surface area contributed by atoms with Crippen LogP contribution >= 0.6 is 27.7 Å². The van der Waals surface area contributed by atoms with Crippen molar-refractivity contribution in [1.82, 2.24) is 0 Å². The molecule has 2 rings (SSSR count). The minimum atomic E-state index is -0.418. The minimum Gasteiger partial charge on any atom is -0.390 e. The average Bonchev–Trinajstić information content (AvgIpc) is 2.12. The van der Waals surface area contributed by atoms with Crippen LogP contribution in [0.5, 0.6) is 0 Å². The Bertz CT molecular complexity index is 331. The lowest BCUT2D eigenvalue weighted by molar-refractivity contribution is 0.165. The molecule has 0 fully saturated rings. The van der Waals surface area contributed by atoms with Gasteiger partial charge in [-0.2, -0.15) is 0 Å². The zero-order valence-corrected chi connectivity index (χ0v) is 9.31. The first kappa shape index (κ1) is 9.52. The van der Waals surface area contributed by atoms with Crippen LogP contribution in [-0.2, 0) is 0 Å². The summed E-state index contributed by atoms with van der Waals surface area (Å²) in [5, 5.41) is 9.54. The van der Waals surface area contributed by atoms with E-state index in [-0.39, 0.29) is 6.04 Å². The normalized spacial score (nSPS) is 27.0. The van der Waals surface area contributed by atoms with Gasteiger partial charge >= 0.3 is 0 Å². The molecule has 3 N–H and O–H groups in total. The van der Waals surface area contributed by atoms with Crippen LogP contribution in [0.1, 0.15) is 11.6 Å². The molecule has 2 unspecified atom stereocenters. The van der Waals surface area contributed by atoms with Crippen LogP contribution in [0.15, 0.2) is 27.6 Å². The molecule has 1 aromatic rings. The third-order valence-corrected chi connectivity index (χ3v) is 3.82. The van der Waals surface area contributed by atoms with E-state index in [1.54, 1.807) is 11.8 Å². The zero-order chi connectivity index (χ0) is 9.42. The maximum Gasteiger partial charge on any atom is 0.0826 e. The SMILES string of the molecule is NC1c2ccc(Br)cc2SCC1O. The molecule has 13 heavy (non-hydrogen) atoms. The summed E-state index contributed by atoms with van der Waals surface area (Å²) >= 11 is 5.06. The summed E-state index contributed by atoms with van der Waals surface area (Å²) < 4.78 is 1.06. The summed E-state index contributed by atoms with van der Waals surface area (Å²) in [6, 6.07) is 5.74. The van der Waals surface area contributed by atoms with Crippen molar-refractivity contribution < 1.29 is 5.11 Å². The predicted molar refractivity (Wildman–Crippen MR) is 57.8 cm³/mol. The summed E-state index contributed by atoms with van der Waals surface area (Å²) in [6.45, 7) is 0. The van der Waals surface area contributed by atoms with Gasteiger partial charge in [0.15, 0.2) is 0 Å². The van der Waals surface area contributed by atoms with Crippen molar-refractivity contribution in [2.45, 2.75) is 17.0 Å². The maximum atomic E-state index is 9.54. The smallest absolute Gasteiger partial charge is 0.0826 e. The molecule has 0 aromatic heterocycles. The second-order valence-electron chi connectivity index (χ2n) is 3.09. The minimum absolute atomic E-state index is 0.232. The fourth-order valence-electron chi connectivity index (χ4n) is 1.39. The Kier molecular flexibility index (Phi) is 2.65. The summed E-state index contributed by atoms with van der Waals surface area (Å²) in [5.41, 5.74) is 6.91. The van der Waals surface area contributed by atoms with Crippen molar-refractivity contribution in [2.24, 2.45) is 5.73 Å². The number of aliphatic hydroxyl groups excluding tert-OH is 1. The highest BCUT2D eigenvalue weighted by molar-refractivity contribution is 9.10. The average molecular weight is 260 g/mol. The van der Waals surface area contributed by atoms with Gasteiger partial charge in [0.05, 0.1) is 12.1 Å². The molecule has 0 aliphatic carbocycles. The monoisotopic (exact) mass is 259 g/mol. The number of hydrogen-bond acceptors (Lipinski definition) is 3. The number of nitrogens with two attached hydrogens (primary N) is 1. The van der Waals surface area contributed by atoms with Gasteiger partial charge in [0.1, 0.15) is 0 Å². The van der Waals surface area contributed by atoms with Crippen LogP contribution < -0.4 is 5.73 Å². The summed E-state index contributed by atoms with van der Waals surface area (Å²) in [6.07, 6.45) is -0.418. The van der Waals surface area contributed by atoms with E-state index >= 15 is 0 Å². The van der Waals surface area contributed by atoms with Crippen molar-refractivity contribution >= 4 is 27.7 Å². The number of benzene rings is 1. The van der Waals surface area contributed by atoms with E-state index in [1.165, 1.54) is 4.90 Å². The molecule has 0 saturated heterocycles. The Morgan fingerprint density at radius 3 is 3.08 bits per heavy atom. The summed E-state index contributed by atoms with van der Waals surface area (Å²) in [7, 11) is 0. The molecule has 0 bridgehead atoms. The largest absolute Gasteiger partial charge is 0.390 e. The van der Waals surface area contributed by atoms with Gasteiger partial charge in [0.25, 0.3) is 0 Å². The highest BCUT2D eigenvalue weighted by atomic mass is 79.9. The van der Waals surface area contributed by atoms with Crippen molar-refractivity contribution in [3.63, 3.8) is 0 Å². The van der Waals surface area contributed by atoms with Crippen LogP contribution in [0.4, 0.5) is 0 Å². The Morgan fingerprint density at radius 1 is 1.54 bits per heavy atom. The molecule has 1 heterocycles. The van der Waals surface area contributed by atoms with Crippen molar-refractivity contribution in [2.75, 3.05) is 5.75 Å². The van der Waals surface area contributed by atoms with Crippen LogP contribution in [0.2, 0.25) is 0 Å². The molecule has 0 saturated carbocycles. The van der Waals surface area contributed by atoms with E-state index in [9.17, 15) is 5.11 Å². The maximum absolute atomic E-state index is 9.54. The van der Waals surface area contributed by atoms with Crippen LogP contribution in [0, 0.1) is 0 Å². The first-order valence-electron chi connectivity index (χ1n) is 4.04. The van der Waals surface area contributed by atoms with Crippen molar-refractivity contribution in [1.29, 1.82) is 0 Å². The van der Waals surface area contributed by atoms with Crippen LogP contribution in [0.25, 0.3) is 0 Å². The molecule has 4 heteroatoms. The van der Waals surface area contributed by atoms with E-state index in [0.717, 1.165) is 10.0 Å². The van der Waals surface area contributed by atoms with E-state index in [4.69, 9.17) is 5.73 Å². The Labute approximate surface area is 89.6 Å². The predicted octanol–water partition coefficient (Wildman–Crippen LogP) is 1.92. The highest BCUT2D eigenvalue weighted by Crippen LogP contribution is 2.36. The lowest BCUT2D eigenvalue weighted by Gasteiger charge is -2.26. The molecule has 0 radical (unpaired) electrons. The number of thioether (sulfide) groups is 1. The quantitative estimate of drug-likeness (QED) is 0.749. The molecular formula is C9H10BrNOS. The molecule has 2 atom stereocenters. The van der Waals surface area contributed by atoms with E-state index in [2.05, 4.69) is 15.9 Å². The molecule has 1 aliphatic heterocycles. The Morgan fingerprint density at radius 2 is 2.31 bits per heavy atom. The number of hydrogen-bond donors (Lipinski definition) is 2. The molecule has 1 aromatic carbocycles. The lowest BCUT2D eigenvalue weighted by atomic mass is 10.0. The fraction of sp³-hybridized carbons (Fsp3) is 0.333. The third kappa shape index (κ3) is 1.76. The van der Waals surface area contributed by atoms with E-state index in [0.29, 0.717) is 5.75 Å². The second-order valence-corrected chi connectivity index (χ2v) is 5.06. The van der Waals surface area contributed by atoms with E-state index < -0.39 is 6.10 Å². The first-order valence-corrected chi connectivity index (χ1v) is 5.82. The molecule has 70 valence electrons.